The lowest BCUT2D eigenvalue weighted by Crippen LogP contribution is -2.32. The molecule has 0 saturated heterocycles. The first-order valence-corrected chi connectivity index (χ1v) is 6.80. The molecule has 1 rings (SSSR count). The fourth-order valence-electron chi connectivity index (χ4n) is 1.57. The van der Waals surface area contributed by atoms with Crippen LogP contribution in [0.25, 0.3) is 0 Å². The first-order chi connectivity index (χ1) is 8.04. The molecule has 1 N–H and O–H groups in total. The lowest BCUT2D eigenvalue weighted by atomic mass is 10.1. The maximum absolute atomic E-state index is 8.64. The second-order valence-corrected chi connectivity index (χ2v) is 5.66. The van der Waals surface area contributed by atoms with E-state index >= 15 is 0 Å². The largest absolute Gasteiger partial charge is 0.384 e. The van der Waals surface area contributed by atoms with Gasteiger partial charge in [-0.15, -0.1) is 11.3 Å². The van der Waals surface area contributed by atoms with E-state index in [0.717, 1.165) is 12.1 Å². The molecule has 2 nitrogen and oxygen atoms in total. The van der Waals surface area contributed by atoms with E-state index in [9.17, 15) is 0 Å². The van der Waals surface area contributed by atoms with E-state index in [0.29, 0.717) is 12.0 Å². The van der Waals surface area contributed by atoms with Gasteiger partial charge in [0.1, 0.15) is 6.61 Å². The van der Waals surface area contributed by atoms with Crippen molar-refractivity contribution in [3.8, 4) is 11.8 Å². The highest BCUT2D eigenvalue weighted by Crippen LogP contribution is 2.18. The van der Waals surface area contributed by atoms with Gasteiger partial charge in [0.05, 0.1) is 0 Å². The minimum Gasteiger partial charge on any atom is -0.384 e. The van der Waals surface area contributed by atoms with Crippen LogP contribution in [0.2, 0.25) is 0 Å². The minimum atomic E-state index is -0.0739. The van der Waals surface area contributed by atoms with E-state index in [2.05, 4.69) is 50.6 Å². The number of nitrogens with zero attached hydrogens (tertiary/aromatic N) is 1. The summed E-state index contributed by atoms with van der Waals surface area (Å²) in [7, 11) is 2.16. The molecule has 1 aromatic rings. The van der Waals surface area contributed by atoms with Crippen molar-refractivity contribution in [2.24, 2.45) is 5.92 Å². The van der Waals surface area contributed by atoms with E-state index in [1.807, 2.05) is 5.38 Å². The Balaban J connectivity index is 2.60. The maximum atomic E-state index is 8.64. The molecular formula is C14H21NOS. The molecule has 0 amide bonds. The van der Waals surface area contributed by atoms with Gasteiger partial charge in [-0.1, -0.05) is 25.7 Å². The Hall–Kier alpha value is -0.820. The van der Waals surface area contributed by atoms with Crippen molar-refractivity contribution in [1.82, 2.24) is 4.90 Å². The van der Waals surface area contributed by atoms with Gasteiger partial charge in [0.25, 0.3) is 0 Å². The Kier molecular flexibility index (Phi) is 5.70. The fourth-order valence-corrected chi connectivity index (χ4v) is 2.45. The lowest BCUT2D eigenvalue weighted by Gasteiger charge is -2.27. The van der Waals surface area contributed by atoms with Crippen molar-refractivity contribution in [3.63, 3.8) is 0 Å². The number of aliphatic hydroxyl groups excluding tert-OH is 1. The highest BCUT2D eigenvalue weighted by Gasteiger charge is 2.13. The van der Waals surface area contributed by atoms with Gasteiger partial charge in [-0.05, 0) is 26.0 Å². The van der Waals surface area contributed by atoms with Gasteiger partial charge in [-0.2, -0.15) is 0 Å². The first-order valence-electron chi connectivity index (χ1n) is 5.92. The summed E-state index contributed by atoms with van der Waals surface area (Å²) in [5.74, 6) is 6.26. The summed E-state index contributed by atoms with van der Waals surface area (Å²) < 4.78 is 0. The van der Waals surface area contributed by atoms with Crippen molar-refractivity contribution in [2.75, 3.05) is 13.7 Å². The second kappa shape index (κ2) is 6.80. The van der Waals surface area contributed by atoms with Gasteiger partial charge < -0.3 is 5.11 Å². The summed E-state index contributed by atoms with van der Waals surface area (Å²) in [6.07, 6.45) is 0. The summed E-state index contributed by atoms with van der Waals surface area (Å²) in [4.78, 5) is 3.68. The fraction of sp³-hybridized carbons (Fsp3) is 0.571. The predicted molar refractivity (Wildman–Crippen MR) is 74.0 cm³/mol. The smallest absolute Gasteiger partial charge is 0.104 e. The molecule has 0 spiro atoms. The zero-order valence-corrected chi connectivity index (χ0v) is 11.8. The summed E-state index contributed by atoms with van der Waals surface area (Å²) >= 11 is 1.73. The van der Waals surface area contributed by atoms with Gasteiger partial charge >= 0.3 is 0 Å². The molecule has 0 saturated carbocycles. The van der Waals surface area contributed by atoms with Crippen molar-refractivity contribution in [3.05, 3.63) is 21.9 Å². The van der Waals surface area contributed by atoms with Crippen molar-refractivity contribution in [1.29, 1.82) is 0 Å². The average molecular weight is 251 g/mol. The molecule has 0 aliphatic heterocycles. The molecule has 0 radical (unpaired) electrons. The monoisotopic (exact) mass is 251 g/mol. The van der Waals surface area contributed by atoms with Crippen molar-refractivity contribution in [2.45, 2.75) is 33.4 Å². The van der Waals surface area contributed by atoms with Crippen LogP contribution in [0.4, 0.5) is 0 Å². The topological polar surface area (TPSA) is 23.5 Å². The Morgan fingerprint density at radius 3 is 2.71 bits per heavy atom. The summed E-state index contributed by atoms with van der Waals surface area (Å²) in [5, 5.41) is 10.7. The maximum Gasteiger partial charge on any atom is 0.104 e. The molecule has 94 valence electrons. The third-order valence-corrected chi connectivity index (χ3v) is 3.95. The average Bonchev–Trinajstić information content (AvgIpc) is 2.72. The van der Waals surface area contributed by atoms with E-state index < -0.39 is 0 Å². The number of aliphatic hydroxyl groups is 1. The van der Waals surface area contributed by atoms with Crippen LogP contribution in [-0.4, -0.2) is 29.7 Å². The van der Waals surface area contributed by atoms with E-state index in [1.54, 1.807) is 11.3 Å². The van der Waals surface area contributed by atoms with Gasteiger partial charge in [0, 0.05) is 28.4 Å². The zero-order valence-electron chi connectivity index (χ0n) is 11.0. The normalized spacial score (nSPS) is 12.6. The van der Waals surface area contributed by atoms with Crippen LogP contribution in [-0.2, 0) is 6.54 Å². The molecule has 17 heavy (non-hydrogen) atoms. The number of hydrogen-bond donors (Lipinski definition) is 1. The third kappa shape index (κ3) is 4.51. The zero-order chi connectivity index (χ0) is 12.8. The molecule has 0 aromatic carbocycles. The molecule has 3 heteroatoms. The molecule has 1 heterocycles. The van der Waals surface area contributed by atoms with Crippen LogP contribution in [0.5, 0.6) is 0 Å². The Morgan fingerprint density at radius 2 is 2.12 bits per heavy atom. The molecule has 0 aliphatic rings. The van der Waals surface area contributed by atoms with Crippen molar-refractivity contribution < 1.29 is 5.11 Å². The highest BCUT2D eigenvalue weighted by molar-refractivity contribution is 7.10. The Bertz CT molecular complexity index is 400. The SMILES string of the molecule is CC(C)C(C)N(C)Cc1cc(C#CCO)cs1. The summed E-state index contributed by atoms with van der Waals surface area (Å²) in [5.41, 5.74) is 1.00. The number of rotatable bonds is 4. The molecule has 0 bridgehead atoms. The summed E-state index contributed by atoms with van der Waals surface area (Å²) in [6, 6.07) is 2.68. The Morgan fingerprint density at radius 1 is 1.41 bits per heavy atom. The first kappa shape index (κ1) is 14.2. The standard InChI is InChI=1S/C14H21NOS/c1-11(2)12(3)15(4)9-14-8-13(10-17-14)6-5-7-16/h8,10-12,16H,7,9H2,1-4H3. The minimum absolute atomic E-state index is 0.0739. The quantitative estimate of drug-likeness (QED) is 0.831. The van der Waals surface area contributed by atoms with E-state index in [1.165, 1.54) is 4.88 Å². The van der Waals surface area contributed by atoms with Crippen LogP contribution < -0.4 is 0 Å². The van der Waals surface area contributed by atoms with Crippen LogP contribution >= 0.6 is 11.3 Å². The van der Waals surface area contributed by atoms with E-state index in [-0.39, 0.29) is 6.61 Å². The van der Waals surface area contributed by atoms with Crippen LogP contribution in [0.1, 0.15) is 31.2 Å². The van der Waals surface area contributed by atoms with Gasteiger partial charge in [-0.3, -0.25) is 4.90 Å². The lowest BCUT2D eigenvalue weighted by molar-refractivity contribution is 0.202. The van der Waals surface area contributed by atoms with Crippen LogP contribution in [0.15, 0.2) is 11.4 Å². The highest BCUT2D eigenvalue weighted by atomic mass is 32.1. The molecular weight excluding hydrogens is 230 g/mol. The molecule has 1 unspecified atom stereocenters. The molecule has 1 aromatic heterocycles. The number of hydrogen-bond acceptors (Lipinski definition) is 3. The van der Waals surface area contributed by atoms with Crippen LogP contribution in [0, 0.1) is 17.8 Å². The Labute approximate surface area is 108 Å². The van der Waals surface area contributed by atoms with Crippen molar-refractivity contribution >= 4 is 11.3 Å². The molecule has 1 atom stereocenters. The van der Waals surface area contributed by atoms with Crippen LogP contribution in [0.3, 0.4) is 0 Å². The van der Waals surface area contributed by atoms with Gasteiger partial charge in [0.2, 0.25) is 0 Å². The third-order valence-electron chi connectivity index (χ3n) is 3.03. The summed E-state index contributed by atoms with van der Waals surface area (Å²) in [6.45, 7) is 7.63. The second-order valence-electron chi connectivity index (χ2n) is 4.66. The predicted octanol–water partition coefficient (Wildman–Crippen LogP) is 2.57. The number of thiophene rings is 1. The van der Waals surface area contributed by atoms with Gasteiger partial charge in [-0.25, -0.2) is 0 Å². The van der Waals surface area contributed by atoms with Gasteiger partial charge in [0.15, 0.2) is 0 Å². The molecule has 0 fully saturated rings. The molecule has 0 aliphatic carbocycles. The van der Waals surface area contributed by atoms with E-state index in [4.69, 9.17) is 5.11 Å².